The molecule has 0 unspecified atom stereocenters. The van der Waals surface area contributed by atoms with Crippen molar-refractivity contribution in [2.75, 3.05) is 12.8 Å². The highest BCUT2D eigenvalue weighted by atomic mass is 35.5. The van der Waals surface area contributed by atoms with Gasteiger partial charge in [0.2, 0.25) is 0 Å². The number of ether oxygens (including phenoxy) is 1. The van der Waals surface area contributed by atoms with Crippen LogP contribution < -0.4 is 15.8 Å². The SMILES string of the molecule is COc1cccc(Cl)c1CNC(=O)c1ccc(C)c(N)c1. The van der Waals surface area contributed by atoms with Crippen molar-refractivity contribution in [1.29, 1.82) is 0 Å². The summed E-state index contributed by atoms with van der Waals surface area (Å²) < 4.78 is 5.24. The lowest BCUT2D eigenvalue weighted by Gasteiger charge is -2.12. The molecular weight excluding hydrogens is 288 g/mol. The van der Waals surface area contributed by atoms with Gasteiger partial charge in [-0.3, -0.25) is 4.79 Å². The Hall–Kier alpha value is -2.20. The Bertz CT molecular complexity index is 671. The number of aryl methyl sites for hydroxylation is 1. The molecule has 0 aliphatic carbocycles. The molecule has 21 heavy (non-hydrogen) atoms. The van der Waals surface area contributed by atoms with Gasteiger partial charge in [-0.2, -0.15) is 0 Å². The topological polar surface area (TPSA) is 64.3 Å². The summed E-state index contributed by atoms with van der Waals surface area (Å²) in [4.78, 5) is 12.1. The van der Waals surface area contributed by atoms with Crippen LogP contribution in [0, 0.1) is 6.92 Å². The number of benzene rings is 2. The van der Waals surface area contributed by atoms with Crippen LogP contribution in [0.3, 0.4) is 0 Å². The molecule has 0 saturated heterocycles. The molecule has 0 atom stereocenters. The number of carbonyl (C=O) groups excluding carboxylic acids is 1. The fourth-order valence-electron chi connectivity index (χ4n) is 1.95. The van der Waals surface area contributed by atoms with Gasteiger partial charge in [0.25, 0.3) is 5.91 Å². The van der Waals surface area contributed by atoms with Crippen LogP contribution in [-0.4, -0.2) is 13.0 Å². The molecule has 1 amide bonds. The standard InChI is InChI=1S/C16H17ClN2O2/c1-10-6-7-11(8-14(10)18)16(20)19-9-12-13(17)4-3-5-15(12)21-2/h3-8H,9,18H2,1-2H3,(H,19,20). The molecule has 110 valence electrons. The summed E-state index contributed by atoms with van der Waals surface area (Å²) in [7, 11) is 1.57. The average molecular weight is 305 g/mol. The minimum absolute atomic E-state index is 0.205. The van der Waals surface area contributed by atoms with Gasteiger partial charge >= 0.3 is 0 Å². The number of halogens is 1. The highest BCUT2D eigenvalue weighted by Crippen LogP contribution is 2.26. The number of nitrogen functional groups attached to an aromatic ring is 1. The molecule has 2 aromatic carbocycles. The Morgan fingerprint density at radius 3 is 2.76 bits per heavy atom. The van der Waals surface area contributed by atoms with E-state index in [2.05, 4.69) is 5.32 Å². The number of hydrogen-bond acceptors (Lipinski definition) is 3. The zero-order chi connectivity index (χ0) is 15.4. The minimum Gasteiger partial charge on any atom is -0.496 e. The molecule has 0 bridgehead atoms. The van der Waals surface area contributed by atoms with Crippen LogP contribution >= 0.6 is 11.6 Å². The van der Waals surface area contributed by atoms with E-state index in [4.69, 9.17) is 22.1 Å². The van der Waals surface area contributed by atoms with Crippen molar-refractivity contribution in [3.8, 4) is 5.75 Å². The molecule has 0 aromatic heterocycles. The summed E-state index contributed by atoms with van der Waals surface area (Å²) in [5.74, 6) is 0.440. The molecule has 0 heterocycles. The summed E-state index contributed by atoms with van der Waals surface area (Å²) in [6, 6.07) is 10.6. The number of hydrogen-bond donors (Lipinski definition) is 2. The van der Waals surface area contributed by atoms with Gasteiger partial charge in [-0.05, 0) is 36.8 Å². The first kappa shape index (κ1) is 15.2. The molecule has 0 aliphatic rings. The number of methoxy groups -OCH3 is 1. The van der Waals surface area contributed by atoms with Crippen molar-refractivity contribution in [3.63, 3.8) is 0 Å². The Morgan fingerprint density at radius 2 is 2.10 bits per heavy atom. The number of carbonyl (C=O) groups is 1. The highest BCUT2D eigenvalue weighted by molar-refractivity contribution is 6.31. The normalized spacial score (nSPS) is 10.2. The second-order valence-corrected chi connectivity index (χ2v) is 5.08. The number of nitrogens with two attached hydrogens (primary N) is 1. The Kier molecular flexibility index (Phi) is 4.70. The van der Waals surface area contributed by atoms with Gasteiger partial charge in [0.15, 0.2) is 0 Å². The average Bonchev–Trinajstić information content (AvgIpc) is 2.48. The van der Waals surface area contributed by atoms with Crippen LogP contribution in [0.5, 0.6) is 5.75 Å². The first-order valence-corrected chi connectivity index (χ1v) is 6.86. The maximum atomic E-state index is 12.1. The molecule has 0 fully saturated rings. The maximum Gasteiger partial charge on any atom is 0.251 e. The van der Waals surface area contributed by atoms with Gasteiger partial charge in [-0.15, -0.1) is 0 Å². The van der Waals surface area contributed by atoms with Crippen LogP contribution in [0.1, 0.15) is 21.5 Å². The molecule has 2 aromatic rings. The van der Waals surface area contributed by atoms with Crippen molar-refractivity contribution >= 4 is 23.2 Å². The van der Waals surface area contributed by atoms with Crippen LogP contribution in [-0.2, 0) is 6.54 Å². The molecule has 0 radical (unpaired) electrons. The summed E-state index contributed by atoms with van der Waals surface area (Å²) in [5.41, 5.74) is 8.62. The zero-order valence-electron chi connectivity index (χ0n) is 11.9. The number of nitrogens with one attached hydrogen (secondary N) is 1. The second-order valence-electron chi connectivity index (χ2n) is 4.67. The highest BCUT2D eigenvalue weighted by Gasteiger charge is 2.11. The molecule has 2 rings (SSSR count). The quantitative estimate of drug-likeness (QED) is 0.853. The first-order chi connectivity index (χ1) is 10.0. The van der Waals surface area contributed by atoms with Crippen molar-refractivity contribution in [2.45, 2.75) is 13.5 Å². The monoisotopic (exact) mass is 304 g/mol. The van der Waals surface area contributed by atoms with Crippen LogP contribution in [0.2, 0.25) is 5.02 Å². The van der Waals surface area contributed by atoms with E-state index in [0.29, 0.717) is 22.0 Å². The predicted octanol–water partition coefficient (Wildman–Crippen LogP) is 3.17. The van der Waals surface area contributed by atoms with E-state index in [0.717, 1.165) is 11.1 Å². The lowest BCUT2D eigenvalue weighted by Crippen LogP contribution is -2.23. The van der Waals surface area contributed by atoms with Crippen LogP contribution in [0.4, 0.5) is 5.69 Å². The third-order valence-electron chi connectivity index (χ3n) is 3.26. The Balaban J connectivity index is 2.13. The maximum absolute atomic E-state index is 12.1. The van der Waals surface area contributed by atoms with Crippen LogP contribution in [0.15, 0.2) is 36.4 Å². The fraction of sp³-hybridized carbons (Fsp3) is 0.188. The molecule has 4 nitrogen and oxygen atoms in total. The van der Waals surface area contributed by atoms with E-state index in [-0.39, 0.29) is 12.5 Å². The summed E-state index contributed by atoms with van der Waals surface area (Å²) in [5, 5.41) is 3.37. The fourth-order valence-corrected chi connectivity index (χ4v) is 2.19. The summed E-state index contributed by atoms with van der Waals surface area (Å²) >= 11 is 6.13. The van der Waals surface area contributed by atoms with Crippen molar-refractivity contribution in [1.82, 2.24) is 5.32 Å². The van der Waals surface area contributed by atoms with E-state index < -0.39 is 0 Å². The van der Waals surface area contributed by atoms with Gasteiger partial charge in [-0.1, -0.05) is 23.7 Å². The lowest BCUT2D eigenvalue weighted by atomic mass is 10.1. The molecule has 0 spiro atoms. The second kappa shape index (κ2) is 6.50. The zero-order valence-corrected chi connectivity index (χ0v) is 12.7. The van der Waals surface area contributed by atoms with Gasteiger partial charge in [0.1, 0.15) is 5.75 Å². The molecular formula is C16H17ClN2O2. The minimum atomic E-state index is -0.205. The molecule has 0 saturated carbocycles. The van der Waals surface area contributed by atoms with Gasteiger partial charge in [0, 0.05) is 28.4 Å². The van der Waals surface area contributed by atoms with Crippen molar-refractivity contribution in [3.05, 3.63) is 58.1 Å². The van der Waals surface area contributed by atoms with E-state index in [1.165, 1.54) is 0 Å². The molecule has 5 heteroatoms. The smallest absolute Gasteiger partial charge is 0.251 e. The van der Waals surface area contributed by atoms with E-state index in [1.54, 1.807) is 37.4 Å². The van der Waals surface area contributed by atoms with Gasteiger partial charge < -0.3 is 15.8 Å². The largest absolute Gasteiger partial charge is 0.496 e. The molecule has 0 aliphatic heterocycles. The third kappa shape index (κ3) is 3.47. The van der Waals surface area contributed by atoms with Gasteiger partial charge in [0.05, 0.1) is 7.11 Å². The Labute approximate surface area is 128 Å². The van der Waals surface area contributed by atoms with E-state index in [9.17, 15) is 4.79 Å². The molecule has 3 N–H and O–H groups in total. The third-order valence-corrected chi connectivity index (χ3v) is 3.62. The summed E-state index contributed by atoms with van der Waals surface area (Å²) in [6.45, 7) is 2.18. The number of anilines is 1. The van der Waals surface area contributed by atoms with E-state index in [1.807, 2.05) is 13.0 Å². The first-order valence-electron chi connectivity index (χ1n) is 6.48. The van der Waals surface area contributed by atoms with Crippen LogP contribution in [0.25, 0.3) is 0 Å². The Morgan fingerprint density at radius 1 is 1.33 bits per heavy atom. The van der Waals surface area contributed by atoms with Crippen molar-refractivity contribution in [2.24, 2.45) is 0 Å². The summed E-state index contributed by atoms with van der Waals surface area (Å²) in [6.07, 6.45) is 0. The van der Waals surface area contributed by atoms with E-state index >= 15 is 0 Å². The lowest BCUT2D eigenvalue weighted by molar-refractivity contribution is 0.0950. The van der Waals surface area contributed by atoms with Crippen molar-refractivity contribution < 1.29 is 9.53 Å². The predicted molar refractivity (Wildman–Crippen MR) is 84.8 cm³/mol. The van der Waals surface area contributed by atoms with Gasteiger partial charge in [-0.25, -0.2) is 0 Å². The number of amides is 1. The number of rotatable bonds is 4.